The number of hydrogen-bond donors (Lipinski definition) is 5. The summed E-state index contributed by atoms with van der Waals surface area (Å²) in [6.45, 7) is 6.04. The molecule has 228 valence electrons. The molecule has 2 amide bonds. The number of cyclic esters (lactones) is 1. The van der Waals surface area contributed by atoms with E-state index in [9.17, 15) is 29.4 Å². The highest BCUT2D eigenvalue weighted by molar-refractivity contribution is 6.32. The molecule has 0 fully saturated rings. The first-order valence-electron chi connectivity index (χ1n) is 14.3. The number of esters is 1. The first-order chi connectivity index (χ1) is 19.9. The number of unbranched alkanes of at least 4 members (excludes halogenated alkanes) is 1. The molecule has 0 radical (unpaired) electrons. The number of phenols is 1. The highest BCUT2D eigenvalue weighted by atomic mass is 35.5. The summed E-state index contributed by atoms with van der Waals surface area (Å²) < 4.78 is 5.51. The van der Waals surface area contributed by atoms with Gasteiger partial charge in [0.15, 0.2) is 0 Å². The van der Waals surface area contributed by atoms with Gasteiger partial charge in [0.2, 0.25) is 5.91 Å². The van der Waals surface area contributed by atoms with Crippen LogP contribution >= 0.6 is 11.6 Å². The summed E-state index contributed by atoms with van der Waals surface area (Å²) in [4.78, 5) is 50.0. The SMILES string of the molecule is CCCC(N)NC(=O)CCCCC1Cc2c(Cl)cc(C(=O)NC(Cc3cccc(C(C)C)c3)C(=O)O)c(O)c2C(=O)O1. The Morgan fingerprint density at radius 2 is 1.90 bits per heavy atom. The number of nitrogens with two attached hydrogens (primary N) is 1. The van der Waals surface area contributed by atoms with Crippen molar-refractivity contribution in [1.82, 2.24) is 10.6 Å². The topological polar surface area (TPSA) is 168 Å². The molecule has 1 aliphatic heterocycles. The average molecular weight is 602 g/mol. The van der Waals surface area contributed by atoms with Gasteiger partial charge in [0.25, 0.3) is 5.91 Å². The van der Waals surface area contributed by atoms with Crippen LogP contribution in [0.15, 0.2) is 30.3 Å². The molecular formula is C31H40ClN3O7. The predicted octanol–water partition coefficient (Wildman–Crippen LogP) is 4.44. The van der Waals surface area contributed by atoms with Crippen LogP contribution in [0.4, 0.5) is 0 Å². The van der Waals surface area contributed by atoms with Crippen molar-refractivity contribution in [3.63, 3.8) is 0 Å². The number of halogens is 1. The molecule has 2 aromatic rings. The van der Waals surface area contributed by atoms with Crippen LogP contribution in [0.3, 0.4) is 0 Å². The van der Waals surface area contributed by atoms with Crippen molar-refractivity contribution >= 4 is 35.4 Å². The number of carbonyl (C=O) groups excluding carboxylic acids is 3. The van der Waals surface area contributed by atoms with Gasteiger partial charge in [-0.25, -0.2) is 9.59 Å². The summed E-state index contributed by atoms with van der Waals surface area (Å²) in [7, 11) is 0. The fraction of sp³-hybridized carbons (Fsp3) is 0.484. The number of carbonyl (C=O) groups is 4. The summed E-state index contributed by atoms with van der Waals surface area (Å²) in [6.07, 6.45) is 2.93. The summed E-state index contributed by atoms with van der Waals surface area (Å²) >= 11 is 6.47. The smallest absolute Gasteiger partial charge is 0.342 e. The maximum atomic E-state index is 13.1. The van der Waals surface area contributed by atoms with Gasteiger partial charge in [0, 0.05) is 24.3 Å². The lowest BCUT2D eigenvalue weighted by Gasteiger charge is -2.27. The lowest BCUT2D eigenvalue weighted by Crippen LogP contribution is -2.42. The molecule has 3 atom stereocenters. The number of benzene rings is 2. The van der Waals surface area contributed by atoms with E-state index < -0.39 is 35.7 Å². The Morgan fingerprint density at radius 3 is 2.57 bits per heavy atom. The predicted molar refractivity (Wildman–Crippen MR) is 159 cm³/mol. The van der Waals surface area contributed by atoms with E-state index in [-0.39, 0.29) is 47.0 Å². The quantitative estimate of drug-likeness (QED) is 0.120. The van der Waals surface area contributed by atoms with Crippen molar-refractivity contribution in [2.45, 2.75) is 96.4 Å². The molecule has 6 N–H and O–H groups in total. The van der Waals surface area contributed by atoms with Gasteiger partial charge in [-0.15, -0.1) is 0 Å². The minimum atomic E-state index is -1.28. The summed E-state index contributed by atoms with van der Waals surface area (Å²) in [5.74, 6) is -3.44. The van der Waals surface area contributed by atoms with Crippen molar-refractivity contribution in [1.29, 1.82) is 0 Å². The van der Waals surface area contributed by atoms with E-state index in [0.29, 0.717) is 37.7 Å². The molecule has 3 unspecified atom stereocenters. The van der Waals surface area contributed by atoms with Gasteiger partial charge < -0.3 is 31.3 Å². The molecule has 0 saturated carbocycles. The second-order valence-corrected chi connectivity index (χ2v) is 11.4. The molecule has 2 aromatic carbocycles. The fourth-order valence-electron chi connectivity index (χ4n) is 4.98. The van der Waals surface area contributed by atoms with Crippen molar-refractivity contribution in [2.75, 3.05) is 0 Å². The number of fused-ring (bicyclic) bond motifs is 1. The number of hydrogen-bond acceptors (Lipinski definition) is 7. The van der Waals surface area contributed by atoms with Crippen LogP contribution in [0.2, 0.25) is 5.02 Å². The lowest BCUT2D eigenvalue weighted by molar-refractivity contribution is -0.139. The summed E-state index contributed by atoms with van der Waals surface area (Å²) in [5, 5.41) is 25.9. The van der Waals surface area contributed by atoms with E-state index in [1.165, 1.54) is 6.07 Å². The van der Waals surface area contributed by atoms with E-state index in [1.54, 1.807) is 6.07 Å². The molecule has 42 heavy (non-hydrogen) atoms. The maximum Gasteiger partial charge on any atom is 0.342 e. The molecule has 11 heteroatoms. The van der Waals surface area contributed by atoms with Gasteiger partial charge in [-0.1, -0.05) is 63.1 Å². The first kappa shape index (κ1) is 32.9. The van der Waals surface area contributed by atoms with Crippen LogP contribution in [0.5, 0.6) is 5.75 Å². The second-order valence-electron chi connectivity index (χ2n) is 11.0. The van der Waals surface area contributed by atoms with Crippen LogP contribution in [0.1, 0.15) is 103 Å². The van der Waals surface area contributed by atoms with Crippen molar-refractivity contribution in [2.24, 2.45) is 5.73 Å². The molecule has 0 spiro atoms. The molecule has 1 aliphatic rings. The standard InChI is InChI=1S/C31H40ClN3O7/c1-4-8-25(33)35-26(36)12-6-5-11-20-15-21-23(32)16-22(28(37)27(21)31(41)42-20)29(38)34-24(30(39)40)14-18-9-7-10-19(13-18)17(2)3/h7,9-10,13,16-17,20,24-25,37H,4-6,8,11-12,14-15,33H2,1-3H3,(H,34,38)(H,35,36)(H,39,40). The summed E-state index contributed by atoms with van der Waals surface area (Å²) in [5.41, 5.74) is 7.44. The molecule has 0 aromatic heterocycles. The van der Waals surface area contributed by atoms with Gasteiger partial charge in [0.1, 0.15) is 23.5 Å². The number of amides is 2. The Hall–Kier alpha value is -3.63. The molecule has 3 rings (SSSR count). The van der Waals surface area contributed by atoms with E-state index >= 15 is 0 Å². The number of phenolic OH excluding ortho intramolecular Hbond substituents is 1. The van der Waals surface area contributed by atoms with Gasteiger partial charge in [-0.05, 0) is 54.4 Å². The zero-order chi connectivity index (χ0) is 31.0. The van der Waals surface area contributed by atoms with E-state index in [0.717, 1.165) is 17.5 Å². The van der Waals surface area contributed by atoms with Gasteiger partial charge >= 0.3 is 11.9 Å². The number of aliphatic carboxylic acids is 1. The number of aromatic hydroxyl groups is 1. The number of carboxylic acid groups (broad SMARTS) is 1. The third-order valence-electron chi connectivity index (χ3n) is 7.29. The van der Waals surface area contributed by atoms with Crippen LogP contribution in [-0.2, 0) is 27.2 Å². The zero-order valence-corrected chi connectivity index (χ0v) is 25.0. The highest BCUT2D eigenvalue weighted by Gasteiger charge is 2.34. The molecule has 0 bridgehead atoms. The van der Waals surface area contributed by atoms with Crippen LogP contribution < -0.4 is 16.4 Å². The number of nitrogens with one attached hydrogen (secondary N) is 2. The Balaban J connectivity index is 1.66. The number of rotatable bonds is 14. The van der Waals surface area contributed by atoms with Gasteiger partial charge in [-0.3, -0.25) is 9.59 Å². The number of carboxylic acids is 1. The molecule has 0 saturated heterocycles. The van der Waals surface area contributed by atoms with E-state index in [4.69, 9.17) is 22.1 Å². The fourth-order valence-corrected chi connectivity index (χ4v) is 5.26. The third kappa shape index (κ3) is 8.69. The monoisotopic (exact) mass is 601 g/mol. The summed E-state index contributed by atoms with van der Waals surface area (Å²) in [6, 6.07) is 7.41. The maximum absolute atomic E-state index is 13.1. The van der Waals surface area contributed by atoms with Crippen LogP contribution in [0, 0.1) is 0 Å². The lowest BCUT2D eigenvalue weighted by atomic mass is 9.92. The zero-order valence-electron chi connectivity index (χ0n) is 24.2. The van der Waals surface area contributed by atoms with Crippen molar-refractivity contribution in [3.05, 3.63) is 63.2 Å². The Labute approximate surface area is 251 Å². The minimum Gasteiger partial charge on any atom is -0.506 e. The van der Waals surface area contributed by atoms with Crippen LogP contribution in [-0.4, -0.2) is 52.3 Å². The molecule has 10 nitrogen and oxygen atoms in total. The third-order valence-corrected chi connectivity index (χ3v) is 7.63. The largest absolute Gasteiger partial charge is 0.506 e. The Kier molecular flexibility index (Phi) is 11.8. The Bertz CT molecular complexity index is 1310. The highest BCUT2D eigenvalue weighted by Crippen LogP contribution is 2.37. The van der Waals surface area contributed by atoms with Crippen LogP contribution in [0.25, 0.3) is 0 Å². The van der Waals surface area contributed by atoms with Crippen molar-refractivity contribution in [3.8, 4) is 5.75 Å². The van der Waals surface area contributed by atoms with Gasteiger partial charge in [0.05, 0.1) is 11.7 Å². The molecule has 0 aliphatic carbocycles. The minimum absolute atomic E-state index is 0.0258. The molecular weight excluding hydrogens is 562 g/mol. The van der Waals surface area contributed by atoms with Crippen molar-refractivity contribution < 1.29 is 34.1 Å². The van der Waals surface area contributed by atoms with Gasteiger partial charge in [-0.2, -0.15) is 0 Å². The molecule has 1 heterocycles. The second kappa shape index (κ2) is 15.0. The first-order valence-corrected chi connectivity index (χ1v) is 14.7. The normalized spacial score (nSPS) is 15.9. The number of ether oxygens (including phenoxy) is 1. The average Bonchev–Trinajstić information content (AvgIpc) is 2.92. The van der Waals surface area contributed by atoms with E-state index in [1.807, 2.05) is 39.0 Å². The van der Waals surface area contributed by atoms with E-state index in [2.05, 4.69) is 10.6 Å². The Morgan fingerprint density at radius 1 is 1.17 bits per heavy atom.